The summed E-state index contributed by atoms with van der Waals surface area (Å²) in [5.41, 5.74) is 3.08. The van der Waals surface area contributed by atoms with Gasteiger partial charge in [0.2, 0.25) is 5.95 Å². The van der Waals surface area contributed by atoms with Gasteiger partial charge in [-0.15, -0.1) is 0 Å². The fourth-order valence-electron chi connectivity index (χ4n) is 3.98. The van der Waals surface area contributed by atoms with Crippen LogP contribution in [-0.2, 0) is 20.1 Å². The summed E-state index contributed by atoms with van der Waals surface area (Å²) < 4.78 is 4.63. The van der Waals surface area contributed by atoms with Crippen LogP contribution in [0.15, 0.2) is 58.1 Å². The third-order valence-electron chi connectivity index (χ3n) is 5.58. The van der Waals surface area contributed by atoms with Crippen molar-refractivity contribution in [2.45, 2.75) is 20.0 Å². The van der Waals surface area contributed by atoms with Crippen LogP contribution in [-0.4, -0.2) is 25.2 Å². The van der Waals surface area contributed by atoms with Gasteiger partial charge in [-0.3, -0.25) is 13.9 Å². The van der Waals surface area contributed by atoms with Gasteiger partial charge in [0.25, 0.3) is 5.56 Å². The molecule has 152 valence electrons. The van der Waals surface area contributed by atoms with E-state index in [-0.39, 0.29) is 17.8 Å². The largest absolute Gasteiger partial charge is 0.332 e. The summed E-state index contributed by atoms with van der Waals surface area (Å²) in [7, 11) is 1.65. The molecule has 30 heavy (non-hydrogen) atoms. The number of hydrogen-bond acceptors (Lipinski definition) is 4. The predicted molar refractivity (Wildman–Crippen MR) is 118 cm³/mol. The Kier molecular flexibility index (Phi) is 4.29. The van der Waals surface area contributed by atoms with E-state index in [1.54, 1.807) is 7.05 Å². The van der Waals surface area contributed by atoms with Crippen LogP contribution in [0.4, 0.5) is 11.6 Å². The molecule has 7 nitrogen and oxygen atoms in total. The van der Waals surface area contributed by atoms with Crippen LogP contribution < -0.4 is 16.1 Å². The van der Waals surface area contributed by atoms with Crippen molar-refractivity contribution < 1.29 is 0 Å². The Bertz CT molecular complexity index is 1400. The molecular formula is C22H20ClN5O2. The third kappa shape index (κ3) is 2.85. The summed E-state index contributed by atoms with van der Waals surface area (Å²) in [5.74, 6) is 0.646. The summed E-state index contributed by atoms with van der Waals surface area (Å²) in [5, 5.41) is 0.634. The average Bonchev–Trinajstić information content (AvgIpc) is 3.30. The van der Waals surface area contributed by atoms with E-state index in [9.17, 15) is 9.59 Å². The molecule has 0 saturated carbocycles. The fourth-order valence-corrected chi connectivity index (χ4v) is 4.17. The first-order valence-electron chi connectivity index (χ1n) is 9.73. The second-order valence-electron chi connectivity index (χ2n) is 7.59. The van der Waals surface area contributed by atoms with Crippen LogP contribution in [0.5, 0.6) is 0 Å². The average molecular weight is 422 g/mol. The quantitative estimate of drug-likeness (QED) is 0.510. The molecule has 3 heterocycles. The molecule has 5 rings (SSSR count). The van der Waals surface area contributed by atoms with Gasteiger partial charge in [-0.1, -0.05) is 47.5 Å². The zero-order valence-corrected chi connectivity index (χ0v) is 17.4. The Morgan fingerprint density at radius 3 is 2.57 bits per heavy atom. The lowest BCUT2D eigenvalue weighted by Gasteiger charge is -2.16. The molecule has 2 aromatic carbocycles. The Hall–Kier alpha value is -3.32. The molecule has 0 amide bonds. The summed E-state index contributed by atoms with van der Waals surface area (Å²) >= 11 is 6.16. The first-order valence-corrected chi connectivity index (χ1v) is 10.1. The number of imidazole rings is 1. The van der Waals surface area contributed by atoms with Crippen LogP contribution in [0.1, 0.15) is 11.1 Å². The number of aromatic nitrogens is 4. The summed E-state index contributed by atoms with van der Waals surface area (Å²) in [4.78, 5) is 33.0. The Balaban J connectivity index is 1.67. The van der Waals surface area contributed by atoms with Crippen molar-refractivity contribution in [3.8, 4) is 0 Å². The lowest BCUT2D eigenvalue weighted by Crippen LogP contribution is -2.40. The molecule has 0 aliphatic carbocycles. The Labute approximate surface area is 177 Å². The molecule has 0 saturated heterocycles. The normalized spacial score (nSPS) is 13.2. The molecule has 0 unspecified atom stereocenters. The van der Waals surface area contributed by atoms with Crippen molar-refractivity contribution in [2.75, 3.05) is 11.4 Å². The lowest BCUT2D eigenvalue weighted by atomic mass is 10.1. The van der Waals surface area contributed by atoms with Gasteiger partial charge in [0, 0.05) is 30.8 Å². The van der Waals surface area contributed by atoms with Gasteiger partial charge in [-0.05, 0) is 30.7 Å². The maximum atomic E-state index is 13.3. The van der Waals surface area contributed by atoms with Crippen LogP contribution in [0, 0.1) is 6.92 Å². The molecular weight excluding hydrogens is 402 g/mol. The van der Waals surface area contributed by atoms with Crippen molar-refractivity contribution in [3.63, 3.8) is 0 Å². The van der Waals surface area contributed by atoms with Gasteiger partial charge in [0.15, 0.2) is 11.2 Å². The van der Waals surface area contributed by atoms with E-state index in [1.165, 1.54) is 9.13 Å². The van der Waals surface area contributed by atoms with Gasteiger partial charge >= 0.3 is 5.69 Å². The standard InChI is InChI=1S/C22H20ClN5O2/c1-14-6-8-15(9-7-14)13-28-20(29)18-19(25(2)22(28)30)24-21-26(10-11-27(18)21)17-5-3-4-16(23)12-17/h3-9,12H,10-11,13H2,1-2H3. The number of nitrogens with zero attached hydrogens (tertiary/aromatic N) is 5. The number of benzene rings is 2. The molecule has 2 aromatic heterocycles. The number of halogens is 1. The molecule has 0 bridgehead atoms. The minimum atomic E-state index is -0.376. The molecule has 0 N–H and O–H groups in total. The van der Waals surface area contributed by atoms with Gasteiger partial charge in [0.05, 0.1) is 6.54 Å². The lowest BCUT2D eigenvalue weighted by molar-refractivity contribution is 0.652. The highest BCUT2D eigenvalue weighted by atomic mass is 35.5. The van der Waals surface area contributed by atoms with E-state index in [0.717, 1.165) is 16.8 Å². The highest BCUT2D eigenvalue weighted by Crippen LogP contribution is 2.32. The fraction of sp³-hybridized carbons (Fsp3) is 0.227. The highest BCUT2D eigenvalue weighted by molar-refractivity contribution is 6.30. The molecule has 0 atom stereocenters. The maximum absolute atomic E-state index is 13.3. The van der Waals surface area contributed by atoms with Crippen molar-refractivity contribution in [2.24, 2.45) is 7.05 Å². The first kappa shape index (κ1) is 18.7. The summed E-state index contributed by atoms with van der Waals surface area (Å²) in [6, 6.07) is 15.3. The molecule has 0 fully saturated rings. The van der Waals surface area contributed by atoms with Gasteiger partial charge in [-0.2, -0.15) is 4.98 Å². The number of hydrogen-bond donors (Lipinski definition) is 0. The van der Waals surface area contributed by atoms with E-state index in [1.807, 2.05) is 64.9 Å². The highest BCUT2D eigenvalue weighted by Gasteiger charge is 2.28. The van der Waals surface area contributed by atoms with Crippen molar-refractivity contribution in [3.05, 3.63) is 85.5 Å². The van der Waals surface area contributed by atoms with E-state index in [4.69, 9.17) is 11.6 Å². The molecule has 1 aliphatic heterocycles. The Morgan fingerprint density at radius 2 is 1.83 bits per heavy atom. The SMILES string of the molecule is Cc1ccc(Cn2c(=O)c3c(nc4n3CCN4c3cccc(Cl)c3)n(C)c2=O)cc1. The monoisotopic (exact) mass is 421 g/mol. The molecule has 0 spiro atoms. The van der Waals surface area contributed by atoms with Crippen molar-refractivity contribution in [1.29, 1.82) is 0 Å². The van der Waals surface area contributed by atoms with Crippen LogP contribution in [0.25, 0.3) is 11.2 Å². The maximum Gasteiger partial charge on any atom is 0.332 e. The molecule has 4 aromatic rings. The first-order chi connectivity index (χ1) is 14.4. The summed E-state index contributed by atoms with van der Waals surface area (Å²) in [6.07, 6.45) is 0. The number of rotatable bonds is 3. The predicted octanol–water partition coefficient (Wildman–Crippen LogP) is 3.06. The van der Waals surface area contributed by atoms with Crippen molar-refractivity contribution >= 4 is 34.4 Å². The van der Waals surface area contributed by atoms with E-state index in [2.05, 4.69) is 4.98 Å². The van der Waals surface area contributed by atoms with Crippen molar-refractivity contribution in [1.82, 2.24) is 18.7 Å². The topological polar surface area (TPSA) is 65.1 Å². The number of fused-ring (bicyclic) bond motifs is 3. The zero-order chi connectivity index (χ0) is 21.0. The van der Waals surface area contributed by atoms with Crippen LogP contribution in [0.2, 0.25) is 5.02 Å². The molecule has 0 radical (unpaired) electrons. The van der Waals surface area contributed by atoms with E-state index < -0.39 is 0 Å². The number of anilines is 2. The van der Waals surface area contributed by atoms with Crippen LogP contribution in [0.3, 0.4) is 0 Å². The van der Waals surface area contributed by atoms with Crippen LogP contribution >= 0.6 is 11.6 Å². The van der Waals surface area contributed by atoms with E-state index >= 15 is 0 Å². The smallest absolute Gasteiger partial charge is 0.310 e. The van der Waals surface area contributed by atoms with Gasteiger partial charge in [0.1, 0.15) is 0 Å². The minimum Gasteiger partial charge on any atom is -0.310 e. The summed E-state index contributed by atoms with van der Waals surface area (Å²) in [6.45, 7) is 3.51. The molecule has 1 aliphatic rings. The van der Waals surface area contributed by atoms with E-state index in [0.29, 0.717) is 35.2 Å². The second kappa shape index (κ2) is 6.88. The van der Waals surface area contributed by atoms with Gasteiger partial charge < -0.3 is 9.47 Å². The number of aryl methyl sites for hydroxylation is 2. The third-order valence-corrected chi connectivity index (χ3v) is 5.82. The minimum absolute atomic E-state index is 0.222. The second-order valence-corrected chi connectivity index (χ2v) is 8.02. The van der Waals surface area contributed by atoms with Gasteiger partial charge in [-0.25, -0.2) is 4.79 Å². The Morgan fingerprint density at radius 1 is 1.07 bits per heavy atom. The molecule has 8 heteroatoms. The zero-order valence-electron chi connectivity index (χ0n) is 16.7.